The van der Waals surface area contributed by atoms with E-state index >= 15 is 0 Å². The first-order chi connectivity index (χ1) is 15.3. The van der Waals surface area contributed by atoms with Crippen LogP contribution in [0.1, 0.15) is 30.1 Å². The van der Waals surface area contributed by atoms with E-state index in [0.717, 1.165) is 12.8 Å². The number of methoxy groups -OCH3 is 1. The zero-order valence-corrected chi connectivity index (χ0v) is 19.1. The average Bonchev–Trinajstić information content (AvgIpc) is 3.18. The van der Waals surface area contributed by atoms with Crippen LogP contribution in [-0.4, -0.2) is 33.6 Å². The highest BCUT2D eigenvalue weighted by Crippen LogP contribution is 2.38. The first kappa shape index (κ1) is 23.1. The molecule has 1 heterocycles. The van der Waals surface area contributed by atoms with Gasteiger partial charge in [-0.25, -0.2) is 13.8 Å². The first-order valence-corrected chi connectivity index (χ1v) is 11.7. The predicted molar refractivity (Wildman–Crippen MR) is 124 cm³/mol. The highest BCUT2D eigenvalue weighted by molar-refractivity contribution is 7.93. The second-order valence-corrected chi connectivity index (χ2v) is 8.83. The van der Waals surface area contributed by atoms with Crippen LogP contribution >= 0.6 is 0 Å². The van der Waals surface area contributed by atoms with Crippen LogP contribution in [0.25, 0.3) is 0 Å². The van der Waals surface area contributed by atoms with Crippen LogP contribution in [0.4, 0.5) is 11.5 Å². The van der Waals surface area contributed by atoms with Gasteiger partial charge in [-0.1, -0.05) is 31.5 Å². The Labute approximate surface area is 187 Å². The lowest BCUT2D eigenvalue weighted by Crippen LogP contribution is -2.16. The Morgan fingerprint density at radius 2 is 1.97 bits per heavy atom. The van der Waals surface area contributed by atoms with E-state index < -0.39 is 15.9 Å². The summed E-state index contributed by atoms with van der Waals surface area (Å²) in [4.78, 5) is 12.3. The summed E-state index contributed by atoms with van der Waals surface area (Å²) in [7, 11) is -0.681. The molecule has 0 aliphatic rings. The van der Waals surface area contributed by atoms with E-state index in [1.807, 2.05) is 18.2 Å². The third-order valence-electron chi connectivity index (χ3n) is 4.56. The number of benzene rings is 2. The molecule has 0 aliphatic heterocycles. The molecule has 3 N–H and O–H groups in total. The number of aromatic nitrogens is 2. The number of carbonyl (C=O) groups is 1. The normalized spacial score (nSPS) is 12.6. The number of rotatable bonds is 10. The molecule has 0 bridgehead atoms. The summed E-state index contributed by atoms with van der Waals surface area (Å²) in [6, 6.07) is 13.5. The van der Waals surface area contributed by atoms with Crippen molar-refractivity contribution in [3.8, 4) is 11.5 Å². The standard InChI is InChI=1S/C22H27N5O4S/c1-4-5-12-24-18-14-16(22(28)30-3)15-19(21(18)31-17-9-7-6-8-10-17)32(23,29)26-20-11-13-27(2)25-20/h6-11,13-15,24H,4-5,12H2,1-3H3,(H2,23,25,26,29). The van der Waals surface area contributed by atoms with Crippen molar-refractivity contribution < 1.29 is 18.5 Å². The SMILES string of the molecule is CCCCNc1cc(C(=O)OC)cc(S(=N)(=O)Nc2ccn(C)n2)c1Oc1ccccc1. The predicted octanol–water partition coefficient (Wildman–Crippen LogP) is 4.64. The van der Waals surface area contributed by atoms with Crippen molar-refractivity contribution in [3.63, 3.8) is 0 Å². The fourth-order valence-electron chi connectivity index (χ4n) is 2.97. The van der Waals surface area contributed by atoms with E-state index in [9.17, 15) is 9.00 Å². The number of unbranched alkanes of at least 4 members (excludes halogenated alkanes) is 1. The van der Waals surface area contributed by atoms with Gasteiger partial charge in [0, 0.05) is 25.9 Å². The van der Waals surface area contributed by atoms with Crippen LogP contribution in [0.3, 0.4) is 0 Å². The summed E-state index contributed by atoms with van der Waals surface area (Å²) >= 11 is 0. The number of hydrogen-bond donors (Lipinski definition) is 3. The first-order valence-electron chi connectivity index (χ1n) is 10.1. The zero-order valence-electron chi connectivity index (χ0n) is 18.3. The van der Waals surface area contributed by atoms with Crippen LogP contribution < -0.4 is 14.8 Å². The number of anilines is 2. The van der Waals surface area contributed by atoms with Crippen LogP contribution in [0.5, 0.6) is 11.5 Å². The minimum Gasteiger partial charge on any atom is -0.465 e. The van der Waals surface area contributed by atoms with Gasteiger partial charge in [0.1, 0.15) is 10.6 Å². The fourth-order valence-corrected chi connectivity index (χ4v) is 4.18. The lowest BCUT2D eigenvalue weighted by atomic mass is 10.1. The van der Waals surface area contributed by atoms with E-state index in [-0.39, 0.29) is 22.0 Å². The molecule has 10 heteroatoms. The Balaban J connectivity index is 2.15. The van der Waals surface area contributed by atoms with Crippen LogP contribution in [0, 0.1) is 4.78 Å². The van der Waals surface area contributed by atoms with Crippen LogP contribution in [0.15, 0.2) is 59.6 Å². The van der Waals surface area contributed by atoms with E-state index in [2.05, 4.69) is 22.1 Å². The van der Waals surface area contributed by atoms with Gasteiger partial charge in [0.05, 0.1) is 18.4 Å². The number of hydrogen-bond acceptors (Lipinski definition) is 7. The van der Waals surface area contributed by atoms with Gasteiger partial charge in [-0.2, -0.15) is 5.10 Å². The quantitative estimate of drug-likeness (QED) is 0.301. The summed E-state index contributed by atoms with van der Waals surface area (Å²) in [5, 5.41) is 7.40. The lowest BCUT2D eigenvalue weighted by Gasteiger charge is -2.20. The highest BCUT2D eigenvalue weighted by Gasteiger charge is 2.25. The van der Waals surface area contributed by atoms with Crippen molar-refractivity contribution >= 4 is 27.4 Å². The Kier molecular flexibility index (Phi) is 7.37. The maximum Gasteiger partial charge on any atom is 0.337 e. The summed E-state index contributed by atoms with van der Waals surface area (Å²) < 4.78 is 37.4. The fraction of sp³-hybridized carbons (Fsp3) is 0.273. The van der Waals surface area contributed by atoms with Crippen molar-refractivity contribution in [2.24, 2.45) is 7.05 Å². The van der Waals surface area contributed by atoms with Gasteiger partial charge in [0.2, 0.25) is 0 Å². The molecule has 0 spiro atoms. The number of para-hydroxylation sites is 1. The lowest BCUT2D eigenvalue weighted by molar-refractivity contribution is 0.0600. The summed E-state index contributed by atoms with van der Waals surface area (Å²) in [5.74, 6) is 0.362. The van der Waals surface area contributed by atoms with Crippen LogP contribution in [0.2, 0.25) is 0 Å². The third kappa shape index (κ3) is 5.58. The van der Waals surface area contributed by atoms with E-state index in [4.69, 9.17) is 14.3 Å². The summed E-state index contributed by atoms with van der Waals surface area (Å²) in [6.45, 7) is 2.67. The Morgan fingerprint density at radius 3 is 2.59 bits per heavy atom. The number of nitrogens with zero attached hydrogens (tertiary/aromatic N) is 2. The highest BCUT2D eigenvalue weighted by atomic mass is 32.2. The third-order valence-corrected chi connectivity index (χ3v) is 5.98. The molecule has 0 radical (unpaired) electrons. The number of ether oxygens (including phenoxy) is 2. The monoisotopic (exact) mass is 457 g/mol. The molecule has 1 unspecified atom stereocenters. The molecule has 0 saturated heterocycles. The molecular weight excluding hydrogens is 430 g/mol. The minimum absolute atomic E-state index is 0.00824. The Bertz CT molecular complexity index is 1180. The van der Waals surface area contributed by atoms with E-state index in [0.29, 0.717) is 18.0 Å². The van der Waals surface area contributed by atoms with Crippen molar-refractivity contribution in [2.75, 3.05) is 23.7 Å². The van der Waals surface area contributed by atoms with E-state index in [1.54, 1.807) is 37.5 Å². The summed E-state index contributed by atoms with van der Waals surface area (Å²) in [6.07, 6.45) is 3.51. The van der Waals surface area contributed by atoms with Gasteiger partial charge in [-0.05, 0) is 30.7 Å². The van der Waals surface area contributed by atoms with Gasteiger partial charge < -0.3 is 14.8 Å². The maximum absolute atomic E-state index is 13.6. The van der Waals surface area contributed by atoms with Crippen molar-refractivity contribution in [2.45, 2.75) is 24.7 Å². The molecule has 0 amide bonds. The van der Waals surface area contributed by atoms with Gasteiger partial charge in [-0.15, -0.1) is 0 Å². The Morgan fingerprint density at radius 1 is 1.22 bits per heavy atom. The molecule has 170 valence electrons. The van der Waals surface area contributed by atoms with Gasteiger partial charge in [0.15, 0.2) is 21.5 Å². The molecule has 32 heavy (non-hydrogen) atoms. The van der Waals surface area contributed by atoms with E-state index in [1.165, 1.54) is 17.9 Å². The van der Waals surface area contributed by atoms with Crippen molar-refractivity contribution in [1.82, 2.24) is 9.78 Å². The molecule has 9 nitrogen and oxygen atoms in total. The molecule has 0 aliphatic carbocycles. The molecule has 1 atom stereocenters. The molecule has 2 aromatic carbocycles. The summed E-state index contributed by atoms with van der Waals surface area (Å²) in [5.41, 5.74) is 0.604. The van der Waals surface area contributed by atoms with Gasteiger partial charge >= 0.3 is 5.97 Å². The molecule has 3 rings (SSSR count). The number of nitrogens with one attached hydrogen (secondary N) is 3. The molecule has 1 aromatic heterocycles. The molecular formula is C22H27N5O4S. The smallest absolute Gasteiger partial charge is 0.337 e. The van der Waals surface area contributed by atoms with Gasteiger partial charge in [-0.3, -0.25) is 9.40 Å². The number of carbonyl (C=O) groups excluding carboxylic acids is 1. The largest absolute Gasteiger partial charge is 0.465 e. The topological polar surface area (TPSA) is 118 Å². The average molecular weight is 458 g/mol. The molecule has 0 saturated carbocycles. The Hall–Kier alpha value is -3.53. The van der Waals surface area contributed by atoms with Crippen molar-refractivity contribution in [3.05, 3.63) is 60.3 Å². The van der Waals surface area contributed by atoms with Gasteiger partial charge in [0.25, 0.3) is 0 Å². The maximum atomic E-state index is 13.6. The number of esters is 1. The second-order valence-electron chi connectivity index (χ2n) is 7.07. The zero-order chi connectivity index (χ0) is 23.1. The minimum atomic E-state index is -3.67. The van der Waals surface area contributed by atoms with Crippen LogP contribution in [-0.2, 0) is 21.7 Å². The van der Waals surface area contributed by atoms with Crippen molar-refractivity contribution in [1.29, 1.82) is 4.78 Å². The molecule has 0 fully saturated rings. The molecule has 3 aromatic rings. The second kappa shape index (κ2) is 10.2. The number of aryl methyl sites for hydroxylation is 1.